The summed E-state index contributed by atoms with van der Waals surface area (Å²) in [6, 6.07) is 0. The van der Waals surface area contributed by atoms with Crippen LogP contribution >= 0.6 is 0 Å². The van der Waals surface area contributed by atoms with Crippen molar-refractivity contribution in [2.24, 2.45) is 17.8 Å². The number of hydrogen-bond acceptors (Lipinski definition) is 2. The highest BCUT2D eigenvalue weighted by molar-refractivity contribution is 4.63. The van der Waals surface area contributed by atoms with Crippen LogP contribution < -0.4 is 0 Å². The molecule has 0 aliphatic heterocycles. The molecule has 0 heterocycles. The third-order valence-corrected chi connectivity index (χ3v) is 2.40. The summed E-state index contributed by atoms with van der Waals surface area (Å²) in [5.41, 5.74) is 0. The highest BCUT2D eigenvalue weighted by Gasteiger charge is 2.15. The van der Waals surface area contributed by atoms with Crippen LogP contribution in [0.2, 0.25) is 0 Å². The standard InChI is InChI=1S/C9H20O2/c1-7(2)9(4)8(3)6-11-10-5/h7-9H,6H2,1-5H3. The van der Waals surface area contributed by atoms with Gasteiger partial charge in [0.1, 0.15) is 0 Å². The van der Waals surface area contributed by atoms with E-state index in [1.165, 1.54) is 0 Å². The molecule has 0 aromatic carbocycles. The van der Waals surface area contributed by atoms with Crippen molar-refractivity contribution in [1.29, 1.82) is 0 Å². The summed E-state index contributed by atoms with van der Waals surface area (Å²) in [5.74, 6) is 1.96. The van der Waals surface area contributed by atoms with Crippen LogP contribution in [0.5, 0.6) is 0 Å². The Morgan fingerprint density at radius 2 is 1.64 bits per heavy atom. The van der Waals surface area contributed by atoms with E-state index in [-0.39, 0.29) is 0 Å². The van der Waals surface area contributed by atoms with Gasteiger partial charge in [0.15, 0.2) is 0 Å². The van der Waals surface area contributed by atoms with Crippen molar-refractivity contribution in [2.45, 2.75) is 27.7 Å². The quantitative estimate of drug-likeness (QED) is 0.454. The largest absolute Gasteiger partial charge is 0.240 e. The van der Waals surface area contributed by atoms with Gasteiger partial charge in [0.2, 0.25) is 0 Å². The zero-order valence-corrected chi connectivity index (χ0v) is 8.26. The van der Waals surface area contributed by atoms with Gasteiger partial charge in [0.25, 0.3) is 0 Å². The van der Waals surface area contributed by atoms with Gasteiger partial charge in [-0.25, -0.2) is 9.78 Å². The molecule has 0 aliphatic rings. The maximum Gasteiger partial charge on any atom is 0.0850 e. The lowest BCUT2D eigenvalue weighted by atomic mass is 9.87. The van der Waals surface area contributed by atoms with Gasteiger partial charge in [-0.3, -0.25) is 0 Å². The lowest BCUT2D eigenvalue weighted by Gasteiger charge is -2.22. The van der Waals surface area contributed by atoms with Crippen molar-refractivity contribution in [2.75, 3.05) is 13.7 Å². The Morgan fingerprint density at radius 3 is 2.00 bits per heavy atom. The molecule has 0 bridgehead atoms. The minimum Gasteiger partial charge on any atom is -0.240 e. The molecular weight excluding hydrogens is 140 g/mol. The first-order chi connectivity index (χ1) is 5.09. The van der Waals surface area contributed by atoms with Crippen molar-refractivity contribution in [1.82, 2.24) is 0 Å². The van der Waals surface area contributed by atoms with Crippen LogP contribution in [-0.4, -0.2) is 13.7 Å². The minimum absolute atomic E-state index is 0.565. The van der Waals surface area contributed by atoms with E-state index < -0.39 is 0 Å². The van der Waals surface area contributed by atoms with E-state index >= 15 is 0 Å². The van der Waals surface area contributed by atoms with E-state index in [1.54, 1.807) is 7.11 Å². The van der Waals surface area contributed by atoms with Gasteiger partial charge >= 0.3 is 0 Å². The van der Waals surface area contributed by atoms with E-state index in [0.717, 1.165) is 0 Å². The summed E-state index contributed by atoms with van der Waals surface area (Å²) in [5, 5.41) is 0. The molecule has 0 radical (unpaired) electrons. The zero-order chi connectivity index (χ0) is 8.85. The summed E-state index contributed by atoms with van der Waals surface area (Å²) in [7, 11) is 1.55. The molecule has 2 nitrogen and oxygen atoms in total. The Bertz CT molecular complexity index is 91.6. The van der Waals surface area contributed by atoms with Gasteiger partial charge in [-0.1, -0.05) is 27.7 Å². The molecule has 0 fully saturated rings. The molecule has 0 saturated carbocycles. The second-order valence-electron chi connectivity index (χ2n) is 3.53. The molecule has 68 valence electrons. The van der Waals surface area contributed by atoms with E-state index in [2.05, 4.69) is 32.6 Å². The topological polar surface area (TPSA) is 18.5 Å². The predicted octanol–water partition coefficient (Wildman–Crippen LogP) is 2.49. The van der Waals surface area contributed by atoms with Crippen LogP contribution in [0.1, 0.15) is 27.7 Å². The Hall–Kier alpha value is -0.0800. The van der Waals surface area contributed by atoms with E-state index in [0.29, 0.717) is 24.4 Å². The average molecular weight is 160 g/mol. The second kappa shape index (κ2) is 5.56. The SMILES string of the molecule is COOCC(C)C(C)C(C)C. The summed E-state index contributed by atoms with van der Waals surface area (Å²) >= 11 is 0. The number of hydrogen-bond donors (Lipinski definition) is 0. The molecule has 0 N–H and O–H groups in total. The van der Waals surface area contributed by atoms with E-state index in [1.807, 2.05) is 0 Å². The van der Waals surface area contributed by atoms with Gasteiger partial charge in [0.05, 0.1) is 13.7 Å². The predicted molar refractivity (Wildman–Crippen MR) is 46.1 cm³/mol. The van der Waals surface area contributed by atoms with Gasteiger partial charge < -0.3 is 0 Å². The molecule has 2 heteroatoms. The van der Waals surface area contributed by atoms with Crippen LogP contribution in [0.3, 0.4) is 0 Å². The second-order valence-corrected chi connectivity index (χ2v) is 3.53. The average Bonchev–Trinajstić information content (AvgIpc) is 1.98. The molecule has 0 rings (SSSR count). The summed E-state index contributed by atoms with van der Waals surface area (Å²) in [6.07, 6.45) is 0. The first-order valence-corrected chi connectivity index (χ1v) is 4.25. The van der Waals surface area contributed by atoms with Crippen LogP contribution in [0.15, 0.2) is 0 Å². The van der Waals surface area contributed by atoms with Crippen LogP contribution in [0.25, 0.3) is 0 Å². The lowest BCUT2D eigenvalue weighted by molar-refractivity contribution is -0.281. The van der Waals surface area contributed by atoms with Crippen LogP contribution in [0, 0.1) is 17.8 Å². The summed E-state index contributed by atoms with van der Waals surface area (Å²) < 4.78 is 0. The third kappa shape index (κ3) is 4.38. The molecule has 0 saturated heterocycles. The van der Waals surface area contributed by atoms with Gasteiger partial charge in [-0.2, -0.15) is 0 Å². The van der Waals surface area contributed by atoms with E-state index in [9.17, 15) is 0 Å². The summed E-state index contributed by atoms with van der Waals surface area (Å²) in [4.78, 5) is 9.41. The van der Waals surface area contributed by atoms with Crippen molar-refractivity contribution in [3.05, 3.63) is 0 Å². The molecule has 2 atom stereocenters. The number of rotatable bonds is 5. The van der Waals surface area contributed by atoms with Crippen LogP contribution in [-0.2, 0) is 9.78 Å². The smallest absolute Gasteiger partial charge is 0.0850 e. The Morgan fingerprint density at radius 1 is 1.09 bits per heavy atom. The maximum atomic E-state index is 4.87. The zero-order valence-electron chi connectivity index (χ0n) is 8.26. The molecule has 0 aliphatic carbocycles. The first kappa shape index (κ1) is 10.9. The van der Waals surface area contributed by atoms with Crippen molar-refractivity contribution < 1.29 is 9.78 Å². The minimum atomic E-state index is 0.565. The molecule has 0 amide bonds. The van der Waals surface area contributed by atoms with Crippen LogP contribution in [0.4, 0.5) is 0 Å². The Balaban J connectivity index is 3.55. The fourth-order valence-electron chi connectivity index (χ4n) is 0.984. The molecule has 0 aromatic heterocycles. The van der Waals surface area contributed by atoms with Gasteiger partial charge in [-0.05, 0) is 17.8 Å². The normalized spacial score (nSPS) is 16.9. The first-order valence-electron chi connectivity index (χ1n) is 4.25. The Labute approximate surface area is 69.8 Å². The molecule has 11 heavy (non-hydrogen) atoms. The Kier molecular flexibility index (Phi) is 5.51. The highest BCUT2D eigenvalue weighted by Crippen LogP contribution is 2.19. The van der Waals surface area contributed by atoms with Crippen molar-refractivity contribution >= 4 is 0 Å². The highest BCUT2D eigenvalue weighted by atomic mass is 17.2. The van der Waals surface area contributed by atoms with Gasteiger partial charge in [0, 0.05) is 0 Å². The fraction of sp³-hybridized carbons (Fsp3) is 1.00. The molecule has 0 aromatic rings. The summed E-state index contributed by atoms with van der Waals surface area (Å²) in [6.45, 7) is 9.58. The monoisotopic (exact) mass is 160 g/mol. The maximum absolute atomic E-state index is 4.87. The molecule has 0 spiro atoms. The van der Waals surface area contributed by atoms with Crippen molar-refractivity contribution in [3.63, 3.8) is 0 Å². The lowest BCUT2D eigenvalue weighted by Crippen LogP contribution is -2.18. The van der Waals surface area contributed by atoms with E-state index in [4.69, 9.17) is 4.89 Å². The van der Waals surface area contributed by atoms with Crippen molar-refractivity contribution in [3.8, 4) is 0 Å². The molecular formula is C9H20O2. The third-order valence-electron chi connectivity index (χ3n) is 2.40. The molecule has 2 unspecified atom stereocenters. The fourth-order valence-corrected chi connectivity index (χ4v) is 0.984. The van der Waals surface area contributed by atoms with Gasteiger partial charge in [-0.15, -0.1) is 0 Å².